The van der Waals surface area contributed by atoms with Gasteiger partial charge in [-0.3, -0.25) is 14.4 Å². The minimum atomic E-state index is -0.815. The SMILES string of the molecule is CC/C=C\C/C=C\C/C=C\C/C=C\CCCCCCCCC(=O)OCC(COC(=O)CCCCCC/C=C\C/C=C\C/C=C\CC)OC(=O)CCCCC/C=C\C/C=C\C/C=C\C/C=C\CC. The zero-order chi connectivity index (χ0) is 48.6. The molecule has 0 fully saturated rings. The summed E-state index contributed by atoms with van der Waals surface area (Å²) in [5.41, 5.74) is 0. The van der Waals surface area contributed by atoms with Crippen LogP contribution < -0.4 is 0 Å². The number of hydrogen-bond acceptors (Lipinski definition) is 6. The number of allylic oxidation sites excluding steroid dienone is 22. The molecule has 0 N–H and O–H groups in total. The minimum absolute atomic E-state index is 0.111. The molecule has 0 aliphatic rings. The molecule has 0 aromatic rings. The van der Waals surface area contributed by atoms with Gasteiger partial charge in [0.1, 0.15) is 13.2 Å². The lowest BCUT2D eigenvalue weighted by atomic mass is 10.1. The molecule has 0 aromatic heterocycles. The van der Waals surface area contributed by atoms with Crippen molar-refractivity contribution in [2.45, 2.75) is 219 Å². The number of hydrogen-bond donors (Lipinski definition) is 0. The lowest BCUT2D eigenvalue weighted by molar-refractivity contribution is -0.167. The normalized spacial score (nSPS) is 13.2. The van der Waals surface area contributed by atoms with Gasteiger partial charge in [-0.15, -0.1) is 0 Å². The highest BCUT2D eigenvalue weighted by Crippen LogP contribution is 2.13. The van der Waals surface area contributed by atoms with Crippen molar-refractivity contribution in [2.24, 2.45) is 0 Å². The second kappa shape index (κ2) is 54.2. The molecule has 0 rings (SSSR count). The van der Waals surface area contributed by atoms with Crippen LogP contribution in [-0.4, -0.2) is 37.2 Å². The standard InChI is InChI=1S/C61H96O6/c1-4-7-10-13-16-19-22-25-28-30-31-32-34-36-39-42-45-48-51-54-60(63)66-57-58(56-65-59(62)53-50-47-44-41-38-35-27-24-21-18-15-12-9-6-3)67-61(64)55-52-49-46-43-40-37-33-29-26-23-20-17-14-11-8-5-2/h7-12,16-21,25-29,31-32,35,37,40,58H,4-6,13-15,22-24,30,33-34,36,38-39,41-57H2,1-3H3/b10-7-,11-8-,12-9-,19-16-,20-17-,21-18-,28-25-,29-26-,32-31-,35-27-,40-37-. The van der Waals surface area contributed by atoms with Gasteiger partial charge in [0.2, 0.25) is 0 Å². The molecular weight excluding hydrogens is 829 g/mol. The zero-order valence-corrected chi connectivity index (χ0v) is 42.9. The van der Waals surface area contributed by atoms with Gasteiger partial charge in [-0.1, -0.05) is 199 Å². The van der Waals surface area contributed by atoms with Crippen LogP contribution in [0.4, 0.5) is 0 Å². The molecule has 6 heteroatoms. The summed E-state index contributed by atoms with van der Waals surface area (Å²) in [7, 11) is 0. The fourth-order valence-electron chi connectivity index (χ4n) is 6.73. The van der Waals surface area contributed by atoms with E-state index in [2.05, 4.69) is 154 Å². The van der Waals surface area contributed by atoms with E-state index in [1.165, 1.54) is 12.8 Å². The Kier molecular flexibility index (Phi) is 50.6. The molecule has 1 atom stereocenters. The van der Waals surface area contributed by atoms with Crippen LogP contribution >= 0.6 is 0 Å². The fraction of sp³-hybridized carbons (Fsp3) is 0.590. The van der Waals surface area contributed by atoms with E-state index in [-0.39, 0.29) is 37.5 Å². The van der Waals surface area contributed by atoms with E-state index in [0.29, 0.717) is 19.3 Å². The Bertz CT molecular complexity index is 1480. The van der Waals surface area contributed by atoms with Crippen LogP contribution in [0, 0.1) is 0 Å². The van der Waals surface area contributed by atoms with Gasteiger partial charge in [0.05, 0.1) is 0 Å². The van der Waals surface area contributed by atoms with Gasteiger partial charge >= 0.3 is 17.9 Å². The highest BCUT2D eigenvalue weighted by Gasteiger charge is 2.19. The third kappa shape index (κ3) is 52.4. The predicted molar refractivity (Wildman–Crippen MR) is 288 cm³/mol. The van der Waals surface area contributed by atoms with Crippen molar-refractivity contribution in [3.63, 3.8) is 0 Å². The first-order chi connectivity index (χ1) is 33.0. The highest BCUT2D eigenvalue weighted by molar-refractivity contribution is 5.71. The van der Waals surface area contributed by atoms with E-state index in [1.54, 1.807) is 0 Å². The maximum absolute atomic E-state index is 12.8. The number of ether oxygens (including phenoxy) is 3. The van der Waals surface area contributed by atoms with Gasteiger partial charge in [-0.05, 0) is 128 Å². The topological polar surface area (TPSA) is 78.9 Å². The molecule has 0 aliphatic heterocycles. The van der Waals surface area contributed by atoms with Gasteiger partial charge in [0.25, 0.3) is 0 Å². The zero-order valence-electron chi connectivity index (χ0n) is 42.9. The molecular formula is C61H96O6. The molecule has 0 amide bonds. The molecule has 0 spiro atoms. The van der Waals surface area contributed by atoms with E-state index in [9.17, 15) is 14.4 Å². The molecule has 0 aliphatic carbocycles. The van der Waals surface area contributed by atoms with Crippen LogP contribution in [-0.2, 0) is 28.6 Å². The third-order valence-corrected chi connectivity index (χ3v) is 10.6. The van der Waals surface area contributed by atoms with Gasteiger partial charge < -0.3 is 14.2 Å². The number of carbonyl (C=O) groups is 3. The molecule has 0 bridgehead atoms. The molecule has 0 aromatic carbocycles. The molecule has 6 nitrogen and oxygen atoms in total. The van der Waals surface area contributed by atoms with Crippen LogP contribution in [0.2, 0.25) is 0 Å². The maximum atomic E-state index is 12.8. The average Bonchev–Trinajstić information content (AvgIpc) is 3.33. The van der Waals surface area contributed by atoms with Crippen LogP contribution in [0.3, 0.4) is 0 Å². The molecule has 0 saturated heterocycles. The average molecular weight is 925 g/mol. The van der Waals surface area contributed by atoms with Crippen molar-refractivity contribution in [1.29, 1.82) is 0 Å². The summed E-state index contributed by atoms with van der Waals surface area (Å²) in [6.45, 7) is 6.22. The van der Waals surface area contributed by atoms with Crippen molar-refractivity contribution in [3.8, 4) is 0 Å². The molecule has 376 valence electrons. The summed E-state index contributed by atoms with van der Waals surface area (Å²) in [5.74, 6) is -0.986. The Labute approximate surface area is 411 Å². The van der Waals surface area contributed by atoms with Crippen LogP contribution in [0.5, 0.6) is 0 Å². The molecule has 67 heavy (non-hydrogen) atoms. The van der Waals surface area contributed by atoms with E-state index in [0.717, 1.165) is 154 Å². The Morgan fingerprint density at radius 3 is 0.851 bits per heavy atom. The molecule has 1 unspecified atom stereocenters. The second-order valence-corrected chi connectivity index (χ2v) is 17.0. The van der Waals surface area contributed by atoms with Gasteiger partial charge in [-0.2, -0.15) is 0 Å². The largest absolute Gasteiger partial charge is 0.462 e. The smallest absolute Gasteiger partial charge is 0.306 e. The van der Waals surface area contributed by atoms with Crippen LogP contribution in [0.15, 0.2) is 134 Å². The van der Waals surface area contributed by atoms with E-state index in [1.807, 2.05) is 0 Å². The van der Waals surface area contributed by atoms with E-state index < -0.39 is 6.10 Å². The first-order valence-corrected chi connectivity index (χ1v) is 26.7. The van der Waals surface area contributed by atoms with Crippen LogP contribution in [0.1, 0.15) is 213 Å². The maximum Gasteiger partial charge on any atom is 0.306 e. The van der Waals surface area contributed by atoms with Crippen molar-refractivity contribution < 1.29 is 28.6 Å². The Hall–Kier alpha value is -4.45. The quantitative estimate of drug-likeness (QED) is 0.0262. The second-order valence-electron chi connectivity index (χ2n) is 17.0. The highest BCUT2D eigenvalue weighted by atomic mass is 16.6. The van der Waals surface area contributed by atoms with Crippen molar-refractivity contribution in [3.05, 3.63) is 134 Å². The first kappa shape index (κ1) is 62.5. The molecule has 0 saturated carbocycles. The van der Waals surface area contributed by atoms with E-state index >= 15 is 0 Å². The van der Waals surface area contributed by atoms with Gasteiger partial charge in [0, 0.05) is 19.3 Å². The van der Waals surface area contributed by atoms with Crippen LogP contribution in [0.25, 0.3) is 0 Å². The number of unbranched alkanes of at least 4 members (excludes halogenated alkanes) is 13. The van der Waals surface area contributed by atoms with Crippen molar-refractivity contribution >= 4 is 17.9 Å². The molecule has 0 heterocycles. The number of carbonyl (C=O) groups excluding carboxylic acids is 3. The predicted octanol–water partition coefficient (Wildman–Crippen LogP) is 17.9. The summed E-state index contributed by atoms with van der Waals surface area (Å²) in [4.78, 5) is 38.1. The monoisotopic (exact) mass is 925 g/mol. The van der Waals surface area contributed by atoms with E-state index in [4.69, 9.17) is 14.2 Å². The number of esters is 3. The summed E-state index contributed by atoms with van der Waals surface area (Å²) in [5, 5.41) is 0. The Morgan fingerprint density at radius 1 is 0.299 bits per heavy atom. The minimum Gasteiger partial charge on any atom is -0.462 e. The number of rotatable bonds is 46. The Morgan fingerprint density at radius 2 is 0.537 bits per heavy atom. The fourth-order valence-corrected chi connectivity index (χ4v) is 6.73. The first-order valence-electron chi connectivity index (χ1n) is 26.7. The summed E-state index contributed by atoms with van der Waals surface area (Å²) < 4.78 is 16.8. The summed E-state index contributed by atoms with van der Waals surface area (Å²) in [6, 6.07) is 0. The summed E-state index contributed by atoms with van der Waals surface area (Å²) >= 11 is 0. The summed E-state index contributed by atoms with van der Waals surface area (Å²) in [6.07, 6.45) is 75.8. The van der Waals surface area contributed by atoms with Gasteiger partial charge in [0.15, 0.2) is 6.10 Å². The third-order valence-electron chi connectivity index (χ3n) is 10.6. The van der Waals surface area contributed by atoms with Crippen molar-refractivity contribution in [1.82, 2.24) is 0 Å². The van der Waals surface area contributed by atoms with Gasteiger partial charge in [-0.25, -0.2) is 0 Å². The van der Waals surface area contributed by atoms with Crippen molar-refractivity contribution in [2.75, 3.05) is 13.2 Å². The Balaban J connectivity index is 4.52. The molecule has 0 radical (unpaired) electrons. The lowest BCUT2D eigenvalue weighted by Gasteiger charge is -2.18. The lowest BCUT2D eigenvalue weighted by Crippen LogP contribution is -2.30.